The van der Waals surface area contributed by atoms with Gasteiger partial charge < -0.3 is 10.0 Å². The predicted molar refractivity (Wildman–Crippen MR) is 77.6 cm³/mol. The zero-order valence-electron chi connectivity index (χ0n) is 12.1. The topological polar surface area (TPSA) is 88.3 Å². The molecule has 1 amide bonds. The van der Waals surface area contributed by atoms with Crippen molar-refractivity contribution in [3.05, 3.63) is 42.2 Å². The Labute approximate surface area is 127 Å². The molecule has 1 fully saturated rings. The van der Waals surface area contributed by atoms with E-state index in [1.54, 1.807) is 13.1 Å². The molecule has 2 heterocycles. The SMILES string of the molecule is CC1(C(=O)O)CCN(C(=O)c2cn(-c3ccccc3)nn2)C1. The molecule has 1 aromatic heterocycles. The van der Waals surface area contributed by atoms with Crippen molar-refractivity contribution in [1.29, 1.82) is 0 Å². The summed E-state index contributed by atoms with van der Waals surface area (Å²) in [6.07, 6.45) is 2.01. The van der Waals surface area contributed by atoms with E-state index in [0.717, 1.165) is 5.69 Å². The summed E-state index contributed by atoms with van der Waals surface area (Å²) in [6.45, 7) is 2.27. The van der Waals surface area contributed by atoms with Gasteiger partial charge in [-0.1, -0.05) is 23.4 Å². The van der Waals surface area contributed by atoms with Crippen LogP contribution in [0, 0.1) is 5.41 Å². The number of hydrogen-bond acceptors (Lipinski definition) is 4. The molecule has 7 heteroatoms. The first-order chi connectivity index (χ1) is 10.5. The number of carboxylic acids is 1. The van der Waals surface area contributed by atoms with Crippen LogP contribution < -0.4 is 0 Å². The zero-order chi connectivity index (χ0) is 15.7. The molecule has 0 bridgehead atoms. The van der Waals surface area contributed by atoms with Crippen LogP contribution in [0.15, 0.2) is 36.5 Å². The number of benzene rings is 1. The maximum atomic E-state index is 12.4. The minimum Gasteiger partial charge on any atom is -0.481 e. The smallest absolute Gasteiger partial charge is 0.311 e. The standard InChI is InChI=1S/C15H16N4O3/c1-15(14(21)22)7-8-18(10-15)13(20)12-9-19(17-16-12)11-5-3-2-4-6-11/h2-6,9H,7-8,10H2,1H3,(H,21,22). The second-order valence-corrected chi connectivity index (χ2v) is 5.73. The Morgan fingerprint density at radius 1 is 1.27 bits per heavy atom. The van der Waals surface area contributed by atoms with Crippen molar-refractivity contribution in [2.45, 2.75) is 13.3 Å². The van der Waals surface area contributed by atoms with Gasteiger partial charge in [-0.05, 0) is 25.5 Å². The molecule has 0 radical (unpaired) electrons. The average molecular weight is 300 g/mol. The molecule has 1 unspecified atom stereocenters. The second kappa shape index (κ2) is 5.25. The number of rotatable bonds is 3. The van der Waals surface area contributed by atoms with Crippen molar-refractivity contribution >= 4 is 11.9 Å². The number of nitrogens with zero attached hydrogens (tertiary/aromatic N) is 4. The zero-order valence-corrected chi connectivity index (χ0v) is 12.1. The molecule has 1 aliphatic heterocycles. The maximum Gasteiger partial charge on any atom is 0.311 e. The van der Waals surface area contributed by atoms with Crippen LogP contribution in [-0.4, -0.2) is 50.0 Å². The number of hydrogen-bond donors (Lipinski definition) is 1. The Hall–Kier alpha value is -2.70. The summed E-state index contributed by atoms with van der Waals surface area (Å²) in [5.41, 5.74) is 0.148. The van der Waals surface area contributed by atoms with Gasteiger partial charge in [0.15, 0.2) is 5.69 Å². The molecule has 1 atom stereocenters. The van der Waals surface area contributed by atoms with Gasteiger partial charge in [0.25, 0.3) is 5.91 Å². The van der Waals surface area contributed by atoms with Crippen molar-refractivity contribution in [1.82, 2.24) is 19.9 Å². The molecule has 1 N–H and O–H groups in total. The van der Waals surface area contributed by atoms with E-state index in [-0.39, 0.29) is 18.1 Å². The highest BCUT2D eigenvalue weighted by Gasteiger charge is 2.42. The number of carbonyl (C=O) groups is 2. The Morgan fingerprint density at radius 3 is 2.64 bits per heavy atom. The Bertz CT molecular complexity index is 713. The summed E-state index contributed by atoms with van der Waals surface area (Å²) in [5, 5.41) is 17.1. The molecular formula is C15H16N4O3. The van der Waals surface area contributed by atoms with E-state index in [1.807, 2.05) is 30.3 Å². The first kappa shape index (κ1) is 14.2. The normalized spacial score (nSPS) is 21.0. The van der Waals surface area contributed by atoms with Crippen LogP contribution in [-0.2, 0) is 4.79 Å². The molecule has 1 saturated heterocycles. The lowest BCUT2D eigenvalue weighted by Gasteiger charge is -2.19. The second-order valence-electron chi connectivity index (χ2n) is 5.73. The monoisotopic (exact) mass is 300 g/mol. The first-order valence-corrected chi connectivity index (χ1v) is 7.00. The summed E-state index contributed by atoms with van der Waals surface area (Å²) in [5.74, 6) is -1.16. The molecule has 1 aliphatic rings. The van der Waals surface area contributed by atoms with Crippen molar-refractivity contribution in [3.63, 3.8) is 0 Å². The van der Waals surface area contributed by atoms with E-state index in [2.05, 4.69) is 10.3 Å². The van der Waals surface area contributed by atoms with Crippen LogP contribution >= 0.6 is 0 Å². The van der Waals surface area contributed by atoms with Crippen molar-refractivity contribution in [3.8, 4) is 5.69 Å². The Morgan fingerprint density at radius 2 is 2.00 bits per heavy atom. The van der Waals surface area contributed by atoms with Gasteiger partial charge in [0.2, 0.25) is 0 Å². The quantitative estimate of drug-likeness (QED) is 0.920. The van der Waals surface area contributed by atoms with E-state index in [4.69, 9.17) is 0 Å². The van der Waals surface area contributed by atoms with Gasteiger partial charge >= 0.3 is 5.97 Å². The minimum absolute atomic E-state index is 0.194. The van der Waals surface area contributed by atoms with E-state index in [9.17, 15) is 14.7 Å². The molecule has 0 spiro atoms. The van der Waals surface area contributed by atoms with Crippen LogP contribution in [0.5, 0.6) is 0 Å². The van der Waals surface area contributed by atoms with Gasteiger partial charge in [0.05, 0.1) is 17.3 Å². The van der Waals surface area contributed by atoms with E-state index >= 15 is 0 Å². The Kier molecular flexibility index (Phi) is 3.40. The molecule has 0 aliphatic carbocycles. The number of aromatic nitrogens is 3. The fraction of sp³-hybridized carbons (Fsp3) is 0.333. The molecular weight excluding hydrogens is 284 g/mol. The van der Waals surface area contributed by atoms with Crippen LogP contribution in [0.25, 0.3) is 5.69 Å². The van der Waals surface area contributed by atoms with Crippen molar-refractivity contribution in [2.75, 3.05) is 13.1 Å². The lowest BCUT2D eigenvalue weighted by atomic mass is 9.90. The van der Waals surface area contributed by atoms with E-state index in [0.29, 0.717) is 13.0 Å². The molecule has 0 saturated carbocycles. The first-order valence-electron chi connectivity index (χ1n) is 7.00. The Balaban J connectivity index is 1.77. The predicted octanol–water partition coefficient (Wildman–Crippen LogP) is 1.20. The highest BCUT2D eigenvalue weighted by molar-refractivity contribution is 5.93. The van der Waals surface area contributed by atoms with Gasteiger partial charge in [-0.25, -0.2) is 4.68 Å². The van der Waals surface area contributed by atoms with Crippen LogP contribution in [0.4, 0.5) is 0 Å². The summed E-state index contributed by atoms with van der Waals surface area (Å²) in [7, 11) is 0. The third-order valence-electron chi connectivity index (χ3n) is 4.01. The lowest BCUT2D eigenvalue weighted by molar-refractivity contribution is -0.147. The number of carboxylic acid groups (broad SMARTS) is 1. The summed E-state index contributed by atoms with van der Waals surface area (Å²) < 4.78 is 1.53. The van der Waals surface area contributed by atoms with Crippen LogP contribution in [0.2, 0.25) is 0 Å². The third-order valence-corrected chi connectivity index (χ3v) is 4.01. The van der Waals surface area contributed by atoms with Gasteiger partial charge in [-0.2, -0.15) is 0 Å². The molecule has 3 rings (SSSR count). The number of carbonyl (C=O) groups excluding carboxylic acids is 1. The molecule has 1 aromatic carbocycles. The largest absolute Gasteiger partial charge is 0.481 e. The summed E-state index contributed by atoms with van der Waals surface area (Å²) in [4.78, 5) is 25.2. The number of para-hydroxylation sites is 1. The number of likely N-dealkylation sites (tertiary alicyclic amines) is 1. The van der Waals surface area contributed by atoms with Crippen molar-refractivity contribution < 1.29 is 14.7 Å². The van der Waals surface area contributed by atoms with Gasteiger partial charge in [0.1, 0.15) is 0 Å². The molecule has 2 aromatic rings. The van der Waals surface area contributed by atoms with Crippen molar-refractivity contribution in [2.24, 2.45) is 5.41 Å². The van der Waals surface area contributed by atoms with Gasteiger partial charge in [-0.3, -0.25) is 9.59 Å². The van der Waals surface area contributed by atoms with Gasteiger partial charge in [-0.15, -0.1) is 5.10 Å². The maximum absolute atomic E-state index is 12.4. The number of amides is 1. The molecule has 22 heavy (non-hydrogen) atoms. The molecule has 7 nitrogen and oxygen atoms in total. The third kappa shape index (κ3) is 2.45. The fourth-order valence-electron chi connectivity index (χ4n) is 2.54. The highest BCUT2D eigenvalue weighted by Crippen LogP contribution is 2.30. The van der Waals surface area contributed by atoms with E-state index in [1.165, 1.54) is 9.58 Å². The molecule has 114 valence electrons. The van der Waals surface area contributed by atoms with Crippen LogP contribution in [0.3, 0.4) is 0 Å². The minimum atomic E-state index is -0.884. The van der Waals surface area contributed by atoms with Gasteiger partial charge in [0, 0.05) is 13.1 Å². The fourth-order valence-corrected chi connectivity index (χ4v) is 2.54. The summed E-state index contributed by atoms with van der Waals surface area (Å²) in [6, 6.07) is 9.36. The number of aliphatic carboxylic acids is 1. The summed E-state index contributed by atoms with van der Waals surface area (Å²) >= 11 is 0. The van der Waals surface area contributed by atoms with Crippen LogP contribution in [0.1, 0.15) is 23.8 Å². The van der Waals surface area contributed by atoms with E-state index < -0.39 is 11.4 Å². The highest BCUT2D eigenvalue weighted by atomic mass is 16.4. The lowest BCUT2D eigenvalue weighted by Crippen LogP contribution is -2.35. The average Bonchev–Trinajstić information content (AvgIpc) is 3.15.